The predicted molar refractivity (Wildman–Crippen MR) is 62.1 cm³/mol. The van der Waals surface area contributed by atoms with Crippen molar-refractivity contribution in [3.63, 3.8) is 0 Å². The van der Waals surface area contributed by atoms with E-state index in [2.05, 4.69) is 17.6 Å². The largest absolute Gasteiger partial charge is 0.381 e. The molecule has 4 nitrogen and oxygen atoms in total. The van der Waals surface area contributed by atoms with Gasteiger partial charge >= 0.3 is 0 Å². The number of amides is 1. The number of carbonyl (C=O) groups excluding carboxylic acids is 1. The van der Waals surface area contributed by atoms with E-state index in [1.165, 1.54) is 0 Å². The van der Waals surface area contributed by atoms with E-state index >= 15 is 0 Å². The highest BCUT2D eigenvalue weighted by Gasteiger charge is 2.25. The van der Waals surface area contributed by atoms with Crippen molar-refractivity contribution in [1.82, 2.24) is 10.6 Å². The van der Waals surface area contributed by atoms with E-state index in [0.717, 1.165) is 45.6 Å². The van der Waals surface area contributed by atoms with Crippen molar-refractivity contribution in [3.05, 3.63) is 0 Å². The molecule has 0 spiro atoms. The molecule has 2 fully saturated rings. The van der Waals surface area contributed by atoms with Crippen LogP contribution in [0.3, 0.4) is 0 Å². The monoisotopic (exact) mass is 226 g/mol. The molecular formula is C12H22N2O2. The Kier molecular flexibility index (Phi) is 4.18. The zero-order valence-corrected chi connectivity index (χ0v) is 10.00. The Morgan fingerprint density at radius 3 is 2.75 bits per heavy atom. The third-order valence-electron chi connectivity index (χ3n) is 3.51. The standard InChI is InChI=1S/C12H22N2O2/c1-9-6-11(8-13-7-9)14-12(15)10-2-4-16-5-3-10/h9-11,13H,2-8H2,1H3,(H,14,15). The molecule has 16 heavy (non-hydrogen) atoms. The van der Waals surface area contributed by atoms with Crippen molar-refractivity contribution in [1.29, 1.82) is 0 Å². The van der Waals surface area contributed by atoms with Crippen LogP contribution in [0.25, 0.3) is 0 Å². The van der Waals surface area contributed by atoms with Gasteiger partial charge in [-0.1, -0.05) is 6.92 Å². The van der Waals surface area contributed by atoms with Crippen LogP contribution in [-0.4, -0.2) is 38.3 Å². The first-order valence-corrected chi connectivity index (χ1v) is 6.34. The minimum Gasteiger partial charge on any atom is -0.381 e. The first-order valence-electron chi connectivity index (χ1n) is 6.34. The maximum atomic E-state index is 12.0. The summed E-state index contributed by atoms with van der Waals surface area (Å²) < 4.78 is 5.26. The van der Waals surface area contributed by atoms with Gasteiger partial charge in [-0.2, -0.15) is 0 Å². The Morgan fingerprint density at radius 2 is 2.06 bits per heavy atom. The topological polar surface area (TPSA) is 50.4 Å². The van der Waals surface area contributed by atoms with Crippen LogP contribution in [0.2, 0.25) is 0 Å². The summed E-state index contributed by atoms with van der Waals surface area (Å²) >= 11 is 0. The molecule has 0 aliphatic carbocycles. The molecule has 0 aromatic rings. The molecule has 0 radical (unpaired) electrons. The number of hydrogen-bond donors (Lipinski definition) is 2. The highest BCUT2D eigenvalue weighted by molar-refractivity contribution is 5.79. The van der Waals surface area contributed by atoms with E-state index in [1.807, 2.05) is 0 Å². The molecule has 2 unspecified atom stereocenters. The smallest absolute Gasteiger partial charge is 0.223 e. The van der Waals surface area contributed by atoms with Crippen LogP contribution in [0.1, 0.15) is 26.2 Å². The van der Waals surface area contributed by atoms with Crippen LogP contribution in [0.4, 0.5) is 0 Å². The van der Waals surface area contributed by atoms with E-state index < -0.39 is 0 Å². The van der Waals surface area contributed by atoms with Gasteiger partial charge in [0.2, 0.25) is 5.91 Å². The molecule has 0 saturated carbocycles. The fraction of sp³-hybridized carbons (Fsp3) is 0.917. The van der Waals surface area contributed by atoms with Crippen LogP contribution in [-0.2, 0) is 9.53 Å². The molecule has 2 atom stereocenters. The lowest BCUT2D eigenvalue weighted by Gasteiger charge is -2.30. The Morgan fingerprint density at radius 1 is 1.31 bits per heavy atom. The van der Waals surface area contributed by atoms with Crippen molar-refractivity contribution in [2.75, 3.05) is 26.3 Å². The first-order chi connectivity index (χ1) is 7.75. The van der Waals surface area contributed by atoms with Crippen molar-refractivity contribution in [2.45, 2.75) is 32.2 Å². The fourth-order valence-corrected chi connectivity index (χ4v) is 2.55. The minimum absolute atomic E-state index is 0.172. The Labute approximate surface area is 97.1 Å². The van der Waals surface area contributed by atoms with Crippen LogP contribution < -0.4 is 10.6 Å². The van der Waals surface area contributed by atoms with E-state index in [0.29, 0.717) is 12.0 Å². The van der Waals surface area contributed by atoms with Gasteiger partial charge in [-0.05, 0) is 31.7 Å². The zero-order chi connectivity index (χ0) is 11.4. The second-order valence-corrected chi connectivity index (χ2v) is 5.09. The van der Waals surface area contributed by atoms with Gasteiger partial charge in [-0.15, -0.1) is 0 Å². The zero-order valence-electron chi connectivity index (χ0n) is 10.00. The van der Waals surface area contributed by atoms with Crippen molar-refractivity contribution in [2.24, 2.45) is 11.8 Å². The summed E-state index contributed by atoms with van der Waals surface area (Å²) in [7, 11) is 0. The molecule has 4 heteroatoms. The van der Waals surface area contributed by atoms with E-state index in [9.17, 15) is 4.79 Å². The van der Waals surface area contributed by atoms with Crippen molar-refractivity contribution >= 4 is 5.91 Å². The summed E-state index contributed by atoms with van der Waals surface area (Å²) in [6, 6.07) is 0.319. The van der Waals surface area contributed by atoms with Gasteiger partial charge in [0, 0.05) is 31.7 Å². The van der Waals surface area contributed by atoms with Gasteiger partial charge in [0.1, 0.15) is 0 Å². The van der Waals surface area contributed by atoms with Gasteiger partial charge in [-0.3, -0.25) is 4.79 Å². The summed E-state index contributed by atoms with van der Waals surface area (Å²) in [6.07, 6.45) is 2.85. The normalized spacial score (nSPS) is 32.3. The van der Waals surface area contributed by atoms with Gasteiger partial charge in [-0.25, -0.2) is 0 Å². The lowest BCUT2D eigenvalue weighted by molar-refractivity contribution is -0.128. The van der Waals surface area contributed by atoms with Gasteiger partial charge < -0.3 is 15.4 Å². The maximum Gasteiger partial charge on any atom is 0.223 e. The molecule has 92 valence electrons. The predicted octanol–water partition coefficient (Wildman–Crippen LogP) is 0.527. The second-order valence-electron chi connectivity index (χ2n) is 5.09. The number of carbonyl (C=O) groups is 1. The minimum atomic E-state index is 0.172. The lowest BCUT2D eigenvalue weighted by Crippen LogP contribution is -2.50. The molecule has 1 amide bonds. The molecular weight excluding hydrogens is 204 g/mol. The second kappa shape index (κ2) is 5.64. The molecule has 2 N–H and O–H groups in total. The number of piperidine rings is 1. The summed E-state index contributed by atoms with van der Waals surface area (Å²) in [5.74, 6) is 1.06. The molecule has 2 saturated heterocycles. The third kappa shape index (κ3) is 3.19. The van der Waals surface area contributed by atoms with E-state index in [1.54, 1.807) is 0 Å². The Hall–Kier alpha value is -0.610. The van der Waals surface area contributed by atoms with Crippen molar-refractivity contribution in [3.8, 4) is 0 Å². The maximum absolute atomic E-state index is 12.0. The average Bonchev–Trinajstić information content (AvgIpc) is 2.30. The van der Waals surface area contributed by atoms with Crippen LogP contribution in [0.15, 0.2) is 0 Å². The third-order valence-corrected chi connectivity index (χ3v) is 3.51. The molecule has 2 aliphatic rings. The van der Waals surface area contributed by atoms with Gasteiger partial charge in [0.25, 0.3) is 0 Å². The lowest BCUT2D eigenvalue weighted by atomic mass is 9.95. The van der Waals surface area contributed by atoms with Crippen LogP contribution in [0.5, 0.6) is 0 Å². The molecule has 0 aromatic carbocycles. The summed E-state index contributed by atoms with van der Waals surface area (Å²) in [4.78, 5) is 12.0. The van der Waals surface area contributed by atoms with Gasteiger partial charge in [0.15, 0.2) is 0 Å². The number of nitrogens with one attached hydrogen (secondary N) is 2. The Balaban J connectivity index is 1.77. The number of rotatable bonds is 2. The van der Waals surface area contributed by atoms with E-state index in [-0.39, 0.29) is 11.8 Å². The molecule has 0 aromatic heterocycles. The molecule has 2 aliphatic heterocycles. The molecule has 0 bridgehead atoms. The first kappa shape index (κ1) is 11.9. The SMILES string of the molecule is CC1CNCC(NC(=O)C2CCOCC2)C1. The molecule has 2 heterocycles. The highest BCUT2D eigenvalue weighted by atomic mass is 16.5. The summed E-state index contributed by atoms with van der Waals surface area (Å²) in [6.45, 7) is 5.68. The summed E-state index contributed by atoms with van der Waals surface area (Å²) in [5, 5.41) is 6.52. The Bertz CT molecular complexity index is 239. The van der Waals surface area contributed by atoms with E-state index in [4.69, 9.17) is 4.74 Å². The number of hydrogen-bond acceptors (Lipinski definition) is 3. The molecule has 2 rings (SSSR count). The quantitative estimate of drug-likeness (QED) is 0.722. The van der Waals surface area contributed by atoms with Crippen LogP contribution in [0, 0.1) is 11.8 Å². The van der Waals surface area contributed by atoms with Crippen LogP contribution >= 0.6 is 0 Å². The van der Waals surface area contributed by atoms with Gasteiger partial charge in [0.05, 0.1) is 0 Å². The highest BCUT2D eigenvalue weighted by Crippen LogP contribution is 2.16. The fourth-order valence-electron chi connectivity index (χ4n) is 2.55. The van der Waals surface area contributed by atoms with Crippen molar-refractivity contribution < 1.29 is 9.53 Å². The number of ether oxygens (including phenoxy) is 1. The average molecular weight is 226 g/mol. The summed E-state index contributed by atoms with van der Waals surface area (Å²) in [5.41, 5.74) is 0.